The fourth-order valence-corrected chi connectivity index (χ4v) is 2.67. The van der Waals surface area contributed by atoms with Crippen molar-refractivity contribution in [1.82, 2.24) is 4.98 Å². The molecule has 3 rings (SSSR count). The van der Waals surface area contributed by atoms with Gasteiger partial charge in [0, 0.05) is 24.2 Å². The highest BCUT2D eigenvalue weighted by Gasteiger charge is 2.17. The SMILES string of the molecule is CC(=O)N(CC(=O)Nc1cccc2cccnc12)c1cccc(C#N)c1. The highest BCUT2D eigenvalue weighted by molar-refractivity contribution is 6.05. The minimum absolute atomic E-state index is 0.159. The van der Waals surface area contributed by atoms with Gasteiger partial charge in [0.05, 0.1) is 22.8 Å². The van der Waals surface area contributed by atoms with Crippen LogP contribution in [0.25, 0.3) is 10.9 Å². The second-order valence-corrected chi connectivity index (χ2v) is 5.70. The Morgan fingerprint density at radius 2 is 1.92 bits per heavy atom. The summed E-state index contributed by atoms with van der Waals surface area (Å²) in [5.74, 6) is -0.632. The molecule has 0 aliphatic carbocycles. The molecule has 26 heavy (non-hydrogen) atoms. The number of carbonyl (C=O) groups excluding carboxylic acids is 2. The maximum atomic E-state index is 12.5. The van der Waals surface area contributed by atoms with Crippen molar-refractivity contribution in [2.75, 3.05) is 16.8 Å². The fourth-order valence-electron chi connectivity index (χ4n) is 2.67. The highest BCUT2D eigenvalue weighted by Crippen LogP contribution is 2.21. The number of rotatable bonds is 4. The van der Waals surface area contributed by atoms with E-state index in [4.69, 9.17) is 5.26 Å². The Hall–Kier alpha value is -3.72. The molecule has 128 valence electrons. The van der Waals surface area contributed by atoms with Crippen LogP contribution < -0.4 is 10.2 Å². The minimum atomic E-state index is -0.347. The Balaban J connectivity index is 1.82. The van der Waals surface area contributed by atoms with E-state index in [1.165, 1.54) is 11.8 Å². The van der Waals surface area contributed by atoms with Gasteiger partial charge in [-0.1, -0.05) is 24.3 Å². The first-order chi connectivity index (χ1) is 12.6. The van der Waals surface area contributed by atoms with E-state index in [0.717, 1.165) is 5.39 Å². The van der Waals surface area contributed by atoms with Gasteiger partial charge in [0.2, 0.25) is 11.8 Å². The van der Waals surface area contributed by atoms with Crippen molar-refractivity contribution >= 4 is 34.1 Å². The van der Waals surface area contributed by atoms with Crippen LogP contribution in [0.15, 0.2) is 60.8 Å². The van der Waals surface area contributed by atoms with Crippen molar-refractivity contribution in [2.45, 2.75) is 6.92 Å². The summed E-state index contributed by atoms with van der Waals surface area (Å²) in [7, 11) is 0. The number of carbonyl (C=O) groups is 2. The molecule has 2 amide bonds. The minimum Gasteiger partial charge on any atom is -0.323 e. The number of nitrogens with zero attached hydrogens (tertiary/aromatic N) is 3. The van der Waals surface area contributed by atoms with Crippen molar-refractivity contribution < 1.29 is 9.59 Å². The highest BCUT2D eigenvalue weighted by atomic mass is 16.2. The molecule has 6 nitrogen and oxygen atoms in total. The summed E-state index contributed by atoms with van der Waals surface area (Å²) in [6.07, 6.45) is 1.66. The summed E-state index contributed by atoms with van der Waals surface area (Å²) >= 11 is 0. The van der Waals surface area contributed by atoms with Gasteiger partial charge in [-0.3, -0.25) is 14.6 Å². The molecule has 1 N–H and O–H groups in total. The molecule has 0 spiro atoms. The lowest BCUT2D eigenvalue weighted by atomic mass is 10.2. The lowest BCUT2D eigenvalue weighted by Crippen LogP contribution is -2.36. The van der Waals surface area contributed by atoms with Crippen LogP contribution in [-0.2, 0) is 9.59 Å². The van der Waals surface area contributed by atoms with Gasteiger partial charge >= 0.3 is 0 Å². The number of para-hydroxylation sites is 1. The Morgan fingerprint density at radius 1 is 1.15 bits per heavy atom. The first-order valence-electron chi connectivity index (χ1n) is 8.00. The average Bonchev–Trinajstić information content (AvgIpc) is 2.66. The third-order valence-corrected chi connectivity index (χ3v) is 3.88. The van der Waals surface area contributed by atoms with Crippen LogP contribution >= 0.6 is 0 Å². The van der Waals surface area contributed by atoms with Crippen molar-refractivity contribution in [3.63, 3.8) is 0 Å². The van der Waals surface area contributed by atoms with Crippen LogP contribution in [0.5, 0.6) is 0 Å². The third kappa shape index (κ3) is 3.68. The molecular formula is C20H16N4O2. The number of fused-ring (bicyclic) bond motifs is 1. The van der Waals surface area contributed by atoms with Gasteiger partial charge in [-0.2, -0.15) is 5.26 Å². The van der Waals surface area contributed by atoms with E-state index in [-0.39, 0.29) is 18.4 Å². The smallest absolute Gasteiger partial charge is 0.244 e. The van der Waals surface area contributed by atoms with Crippen molar-refractivity contribution in [1.29, 1.82) is 5.26 Å². The quantitative estimate of drug-likeness (QED) is 0.788. The molecule has 0 unspecified atom stereocenters. The molecule has 0 bridgehead atoms. The van der Waals surface area contributed by atoms with Gasteiger partial charge in [0.15, 0.2) is 0 Å². The molecule has 0 saturated carbocycles. The average molecular weight is 344 g/mol. The van der Waals surface area contributed by atoms with Crippen LogP contribution in [-0.4, -0.2) is 23.3 Å². The summed E-state index contributed by atoms with van der Waals surface area (Å²) in [5, 5.41) is 12.7. The third-order valence-electron chi connectivity index (χ3n) is 3.88. The van der Waals surface area contributed by atoms with E-state index < -0.39 is 0 Å². The van der Waals surface area contributed by atoms with Gasteiger partial charge < -0.3 is 10.2 Å². The zero-order chi connectivity index (χ0) is 18.5. The van der Waals surface area contributed by atoms with E-state index in [1.807, 2.05) is 30.3 Å². The molecule has 0 atom stereocenters. The second kappa shape index (κ2) is 7.45. The lowest BCUT2D eigenvalue weighted by Gasteiger charge is -2.21. The Bertz CT molecular complexity index is 1020. The summed E-state index contributed by atoms with van der Waals surface area (Å²) in [5.41, 5.74) is 2.20. The number of anilines is 2. The zero-order valence-electron chi connectivity index (χ0n) is 14.1. The maximum absolute atomic E-state index is 12.5. The fraction of sp³-hybridized carbons (Fsp3) is 0.100. The molecule has 1 heterocycles. The lowest BCUT2D eigenvalue weighted by molar-refractivity contribution is -0.120. The van der Waals surface area contributed by atoms with Crippen LogP contribution in [0, 0.1) is 11.3 Å². The van der Waals surface area contributed by atoms with Gasteiger partial charge in [0.25, 0.3) is 0 Å². The number of nitriles is 1. The van der Waals surface area contributed by atoms with Gasteiger partial charge in [0.1, 0.15) is 6.54 Å². The van der Waals surface area contributed by atoms with E-state index in [0.29, 0.717) is 22.5 Å². The standard InChI is InChI=1S/C20H16N4O2/c1-14(25)24(17-8-2-5-15(11-17)12-21)13-19(26)23-18-9-3-6-16-7-4-10-22-20(16)18/h2-11H,13H2,1H3,(H,23,26). The number of pyridine rings is 1. The van der Waals surface area contributed by atoms with E-state index >= 15 is 0 Å². The molecule has 0 fully saturated rings. The molecule has 0 aliphatic heterocycles. The predicted molar refractivity (Wildman–Crippen MR) is 99.6 cm³/mol. The van der Waals surface area contributed by atoms with Crippen LogP contribution in [0.2, 0.25) is 0 Å². The summed E-state index contributed by atoms with van der Waals surface area (Å²) in [6.45, 7) is 1.22. The first-order valence-corrected chi connectivity index (χ1v) is 8.00. The number of hydrogen-bond acceptors (Lipinski definition) is 4. The molecule has 2 aromatic carbocycles. The monoisotopic (exact) mass is 344 g/mol. The van der Waals surface area contributed by atoms with E-state index in [9.17, 15) is 9.59 Å². The summed E-state index contributed by atoms with van der Waals surface area (Å²) in [4.78, 5) is 30.1. The summed E-state index contributed by atoms with van der Waals surface area (Å²) in [6, 6.07) is 17.9. The van der Waals surface area contributed by atoms with E-state index in [2.05, 4.69) is 10.3 Å². The molecule has 0 aliphatic rings. The molecule has 6 heteroatoms. The van der Waals surface area contributed by atoms with Crippen molar-refractivity contribution in [3.05, 3.63) is 66.4 Å². The molecule has 0 radical (unpaired) electrons. The van der Waals surface area contributed by atoms with Gasteiger partial charge in [-0.15, -0.1) is 0 Å². The topological polar surface area (TPSA) is 86.1 Å². The van der Waals surface area contributed by atoms with Crippen molar-refractivity contribution in [3.8, 4) is 6.07 Å². The van der Waals surface area contributed by atoms with Gasteiger partial charge in [-0.25, -0.2) is 0 Å². The number of benzene rings is 2. The Morgan fingerprint density at radius 3 is 2.69 bits per heavy atom. The summed E-state index contributed by atoms with van der Waals surface area (Å²) < 4.78 is 0. The number of nitrogens with one attached hydrogen (secondary N) is 1. The van der Waals surface area contributed by atoms with Crippen LogP contribution in [0.1, 0.15) is 12.5 Å². The number of hydrogen-bond donors (Lipinski definition) is 1. The zero-order valence-corrected chi connectivity index (χ0v) is 14.1. The first kappa shape index (κ1) is 17.1. The molecular weight excluding hydrogens is 328 g/mol. The predicted octanol–water partition coefficient (Wildman–Crippen LogP) is 3.10. The molecule has 3 aromatic rings. The van der Waals surface area contributed by atoms with Crippen LogP contribution in [0.4, 0.5) is 11.4 Å². The number of amides is 2. The largest absolute Gasteiger partial charge is 0.323 e. The molecule has 0 saturated heterocycles. The molecule has 1 aromatic heterocycles. The Labute approximate surface area is 150 Å². The second-order valence-electron chi connectivity index (χ2n) is 5.70. The van der Waals surface area contributed by atoms with E-state index in [1.54, 1.807) is 36.5 Å². The number of aromatic nitrogens is 1. The van der Waals surface area contributed by atoms with Gasteiger partial charge in [-0.05, 0) is 30.3 Å². The normalized spacial score (nSPS) is 10.2. The van der Waals surface area contributed by atoms with Crippen molar-refractivity contribution in [2.24, 2.45) is 0 Å². The van der Waals surface area contributed by atoms with Crippen LogP contribution in [0.3, 0.4) is 0 Å². The Kier molecular flexibility index (Phi) is 4.90. The maximum Gasteiger partial charge on any atom is 0.244 e.